The van der Waals surface area contributed by atoms with E-state index >= 15 is 0 Å². The highest BCUT2D eigenvalue weighted by molar-refractivity contribution is 5.96. The number of amides is 1. The summed E-state index contributed by atoms with van der Waals surface area (Å²) >= 11 is 0. The summed E-state index contributed by atoms with van der Waals surface area (Å²) in [6, 6.07) is 7.06. The molecule has 0 aromatic heterocycles. The van der Waals surface area contributed by atoms with E-state index in [4.69, 9.17) is 9.84 Å². The molecule has 108 valence electrons. The van der Waals surface area contributed by atoms with Crippen LogP contribution in [0.15, 0.2) is 24.3 Å². The number of benzene rings is 1. The first-order valence-electron chi connectivity index (χ1n) is 6.92. The van der Waals surface area contributed by atoms with E-state index < -0.39 is 12.1 Å². The molecule has 0 radical (unpaired) electrons. The number of carboxylic acids is 1. The van der Waals surface area contributed by atoms with E-state index in [0.717, 1.165) is 19.3 Å². The summed E-state index contributed by atoms with van der Waals surface area (Å²) in [6.07, 6.45) is 2.31. The zero-order valence-electron chi connectivity index (χ0n) is 11.5. The van der Waals surface area contributed by atoms with Gasteiger partial charge in [0, 0.05) is 6.42 Å². The second-order valence-corrected chi connectivity index (χ2v) is 4.87. The van der Waals surface area contributed by atoms with Crippen molar-refractivity contribution in [3.8, 4) is 5.75 Å². The van der Waals surface area contributed by atoms with E-state index in [1.807, 2.05) is 6.07 Å². The number of rotatable bonds is 5. The van der Waals surface area contributed by atoms with Gasteiger partial charge in [-0.1, -0.05) is 31.9 Å². The van der Waals surface area contributed by atoms with Crippen LogP contribution in [0.4, 0.5) is 5.69 Å². The average Bonchev–Trinajstić information content (AvgIpc) is 2.46. The van der Waals surface area contributed by atoms with Crippen molar-refractivity contribution in [2.24, 2.45) is 0 Å². The predicted molar refractivity (Wildman–Crippen MR) is 75.0 cm³/mol. The number of carbonyl (C=O) groups is 2. The van der Waals surface area contributed by atoms with Crippen LogP contribution in [0.5, 0.6) is 5.75 Å². The molecule has 0 bridgehead atoms. The maximum atomic E-state index is 12.3. The third-order valence-corrected chi connectivity index (χ3v) is 3.34. The van der Waals surface area contributed by atoms with Gasteiger partial charge in [0.05, 0.1) is 12.2 Å². The number of hydrogen-bond donors (Lipinski definition) is 1. The van der Waals surface area contributed by atoms with Crippen LogP contribution in [0.2, 0.25) is 0 Å². The molecule has 20 heavy (non-hydrogen) atoms. The number of nitrogens with zero attached hydrogens (tertiary/aromatic N) is 1. The highest BCUT2D eigenvalue weighted by atomic mass is 16.5. The molecule has 1 heterocycles. The Hall–Kier alpha value is -2.04. The first-order chi connectivity index (χ1) is 9.63. The number of hydrogen-bond acceptors (Lipinski definition) is 3. The van der Waals surface area contributed by atoms with Crippen LogP contribution in [0.3, 0.4) is 0 Å². The Kier molecular flexibility index (Phi) is 4.61. The maximum Gasteiger partial charge on any atom is 0.346 e. The second kappa shape index (κ2) is 6.41. The van der Waals surface area contributed by atoms with Crippen molar-refractivity contribution in [3.63, 3.8) is 0 Å². The first-order valence-corrected chi connectivity index (χ1v) is 6.92. The van der Waals surface area contributed by atoms with E-state index in [0.29, 0.717) is 17.9 Å². The van der Waals surface area contributed by atoms with Gasteiger partial charge in [0.2, 0.25) is 12.0 Å². The third kappa shape index (κ3) is 3.10. The molecule has 0 fully saturated rings. The molecular formula is C15H19NO4. The van der Waals surface area contributed by atoms with Crippen molar-refractivity contribution < 1.29 is 19.4 Å². The quantitative estimate of drug-likeness (QED) is 0.839. The normalized spacial score (nSPS) is 17.2. The summed E-state index contributed by atoms with van der Waals surface area (Å²) < 4.78 is 5.41. The lowest BCUT2D eigenvalue weighted by Crippen LogP contribution is -2.47. The number of ether oxygens (including phenoxy) is 1. The van der Waals surface area contributed by atoms with Gasteiger partial charge in [-0.25, -0.2) is 4.79 Å². The lowest BCUT2D eigenvalue weighted by atomic mass is 10.1. The SMILES string of the molecule is CCCCCC(=O)N1CC(C(=O)O)Oc2ccccc21. The first kappa shape index (κ1) is 14.4. The van der Waals surface area contributed by atoms with Gasteiger partial charge in [0.1, 0.15) is 5.75 Å². The third-order valence-electron chi connectivity index (χ3n) is 3.34. The minimum atomic E-state index is -1.05. The largest absolute Gasteiger partial charge is 0.478 e. The van der Waals surface area contributed by atoms with E-state index in [1.54, 1.807) is 18.2 Å². The Bertz CT molecular complexity index is 500. The number of carboxylic acid groups (broad SMARTS) is 1. The summed E-state index contributed by atoms with van der Waals surface area (Å²) in [4.78, 5) is 24.9. The van der Waals surface area contributed by atoms with E-state index in [9.17, 15) is 9.59 Å². The molecule has 1 amide bonds. The van der Waals surface area contributed by atoms with Crippen LogP contribution in [0, 0.1) is 0 Å². The van der Waals surface area contributed by atoms with Crippen molar-refractivity contribution in [2.75, 3.05) is 11.4 Å². The van der Waals surface area contributed by atoms with Crippen molar-refractivity contribution in [1.29, 1.82) is 0 Å². The maximum absolute atomic E-state index is 12.3. The molecule has 1 aliphatic heterocycles. The van der Waals surface area contributed by atoms with Crippen molar-refractivity contribution in [3.05, 3.63) is 24.3 Å². The topological polar surface area (TPSA) is 66.8 Å². The molecule has 1 N–H and O–H groups in total. The summed E-state index contributed by atoms with van der Waals surface area (Å²) in [6.45, 7) is 2.15. The lowest BCUT2D eigenvalue weighted by Gasteiger charge is -2.33. The standard InChI is InChI=1S/C15H19NO4/c1-2-3-4-9-14(17)16-10-13(15(18)19)20-12-8-6-5-7-11(12)16/h5-8,13H,2-4,9-10H2,1H3,(H,18,19). The van der Waals surface area contributed by atoms with Crippen LogP contribution in [0.25, 0.3) is 0 Å². The monoisotopic (exact) mass is 277 g/mol. The van der Waals surface area contributed by atoms with E-state index in [-0.39, 0.29) is 12.5 Å². The van der Waals surface area contributed by atoms with E-state index in [1.165, 1.54) is 4.90 Å². The summed E-state index contributed by atoms with van der Waals surface area (Å²) in [5.74, 6) is -0.638. The second-order valence-electron chi connectivity index (χ2n) is 4.87. The molecule has 1 unspecified atom stereocenters. The minimum Gasteiger partial charge on any atom is -0.478 e. The molecule has 1 atom stereocenters. The summed E-state index contributed by atoms with van der Waals surface area (Å²) in [7, 11) is 0. The molecule has 1 aliphatic rings. The Morgan fingerprint density at radius 1 is 1.35 bits per heavy atom. The number of anilines is 1. The van der Waals surface area contributed by atoms with Gasteiger partial charge < -0.3 is 14.7 Å². The van der Waals surface area contributed by atoms with Crippen LogP contribution in [-0.4, -0.2) is 29.6 Å². The molecule has 1 aromatic carbocycles. The highest BCUT2D eigenvalue weighted by Crippen LogP contribution is 2.33. The van der Waals surface area contributed by atoms with Crippen molar-refractivity contribution in [2.45, 2.75) is 38.7 Å². The number of carbonyl (C=O) groups excluding carboxylic acids is 1. The van der Waals surface area contributed by atoms with Crippen LogP contribution >= 0.6 is 0 Å². The molecular weight excluding hydrogens is 258 g/mol. The molecule has 0 spiro atoms. The number of unbranched alkanes of at least 4 members (excludes halogenated alkanes) is 2. The Morgan fingerprint density at radius 3 is 2.80 bits per heavy atom. The average molecular weight is 277 g/mol. The van der Waals surface area contributed by atoms with Gasteiger partial charge >= 0.3 is 5.97 Å². The Balaban J connectivity index is 2.18. The van der Waals surface area contributed by atoms with E-state index in [2.05, 4.69) is 6.92 Å². The van der Waals surface area contributed by atoms with Crippen molar-refractivity contribution in [1.82, 2.24) is 0 Å². The molecule has 5 heteroatoms. The van der Waals surface area contributed by atoms with Crippen LogP contribution in [-0.2, 0) is 9.59 Å². The molecule has 1 aromatic rings. The van der Waals surface area contributed by atoms with Crippen LogP contribution in [0.1, 0.15) is 32.6 Å². The number of aliphatic carboxylic acids is 1. The molecule has 0 saturated carbocycles. The number of para-hydroxylation sites is 2. The van der Waals surface area contributed by atoms with Gasteiger partial charge in [0.25, 0.3) is 0 Å². The Morgan fingerprint density at radius 2 is 2.10 bits per heavy atom. The highest BCUT2D eigenvalue weighted by Gasteiger charge is 2.33. The molecule has 2 rings (SSSR count). The van der Waals surface area contributed by atoms with Crippen molar-refractivity contribution >= 4 is 17.6 Å². The summed E-state index contributed by atoms with van der Waals surface area (Å²) in [5.41, 5.74) is 0.659. The smallest absolute Gasteiger partial charge is 0.346 e. The van der Waals surface area contributed by atoms with Gasteiger partial charge in [0.15, 0.2) is 0 Å². The molecule has 0 aliphatic carbocycles. The fraction of sp³-hybridized carbons (Fsp3) is 0.467. The predicted octanol–water partition coefficient (Wildman–Crippen LogP) is 2.45. The zero-order valence-corrected chi connectivity index (χ0v) is 11.5. The fourth-order valence-electron chi connectivity index (χ4n) is 2.26. The lowest BCUT2D eigenvalue weighted by molar-refractivity contribution is -0.145. The van der Waals surface area contributed by atoms with Gasteiger partial charge in [-0.05, 0) is 18.6 Å². The Labute approximate surface area is 118 Å². The minimum absolute atomic E-state index is 0.0412. The van der Waals surface area contributed by atoms with Gasteiger partial charge in [-0.3, -0.25) is 4.79 Å². The zero-order chi connectivity index (χ0) is 14.5. The molecule has 5 nitrogen and oxygen atoms in total. The van der Waals surface area contributed by atoms with Crippen LogP contribution < -0.4 is 9.64 Å². The molecule has 0 saturated heterocycles. The fourth-order valence-corrected chi connectivity index (χ4v) is 2.26. The number of fused-ring (bicyclic) bond motifs is 1. The van der Waals surface area contributed by atoms with Gasteiger partial charge in [-0.15, -0.1) is 0 Å². The summed E-state index contributed by atoms with van der Waals surface area (Å²) in [5, 5.41) is 9.11. The van der Waals surface area contributed by atoms with Gasteiger partial charge in [-0.2, -0.15) is 0 Å².